The molecule has 1 N–H and O–H groups in total. The van der Waals surface area contributed by atoms with Gasteiger partial charge in [-0.25, -0.2) is 0 Å². The lowest BCUT2D eigenvalue weighted by atomic mass is 10.1. The van der Waals surface area contributed by atoms with Crippen molar-refractivity contribution in [3.63, 3.8) is 0 Å². The van der Waals surface area contributed by atoms with Crippen molar-refractivity contribution in [2.24, 2.45) is 0 Å². The average molecular weight is 289 g/mol. The lowest BCUT2D eigenvalue weighted by molar-refractivity contribution is -0.130. The molecule has 1 aliphatic heterocycles. The van der Waals surface area contributed by atoms with Crippen molar-refractivity contribution >= 4 is 17.5 Å². The summed E-state index contributed by atoms with van der Waals surface area (Å²) in [5, 5.41) is 2.98. The zero-order chi connectivity index (χ0) is 15.2. The first-order chi connectivity index (χ1) is 10.1. The van der Waals surface area contributed by atoms with E-state index in [1.807, 2.05) is 29.2 Å². The van der Waals surface area contributed by atoms with Gasteiger partial charge in [-0.05, 0) is 18.1 Å². The minimum atomic E-state index is 0.00664. The molecule has 5 heteroatoms. The molecule has 0 aliphatic carbocycles. The second-order valence-corrected chi connectivity index (χ2v) is 5.34. The molecule has 0 saturated carbocycles. The molecule has 1 fully saturated rings. The van der Waals surface area contributed by atoms with E-state index in [1.165, 1.54) is 0 Å². The summed E-state index contributed by atoms with van der Waals surface area (Å²) in [7, 11) is 0. The highest BCUT2D eigenvalue weighted by Crippen LogP contribution is 2.15. The number of carbonyl (C=O) groups excluding carboxylic acids is 2. The Balaban J connectivity index is 1.84. The van der Waals surface area contributed by atoms with E-state index in [1.54, 1.807) is 6.92 Å². The van der Waals surface area contributed by atoms with Gasteiger partial charge >= 0.3 is 0 Å². The van der Waals surface area contributed by atoms with Crippen LogP contribution < -0.4 is 5.32 Å². The van der Waals surface area contributed by atoms with E-state index < -0.39 is 0 Å². The van der Waals surface area contributed by atoms with Gasteiger partial charge in [0.05, 0.1) is 6.54 Å². The lowest BCUT2D eigenvalue weighted by Gasteiger charge is -2.33. The van der Waals surface area contributed by atoms with Crippen LogP contribution in [0.4, 0.5) is 5.69 Å². The molecule has 2 amide bonds. The molecule has 1 aliphatic rings. The number of anilines is 1. The molecule has 2 rings (SSSR count). The summed E-state index contributed by atoms with van der Waals surface area (Å²) in [5.74, 6) is 0.114. The molecule has 0 aromatic heterocycles. The highest BCUT2D eigenvalue weighted by atomic mass is 16.2. The molecule has 21 heavy (non-hydrogen) atoms. The molecular formula is C16H23N3O2. The number of carbonyl (C=O) groups is 2. The minimum Gasteiger partial charge on any atom is -0.340 e. The molecule has 114 valence electrons. The third-order valence-corrected chi connectivity index (χ3v) is 3.86. The van der Waals surface area contributed by atoms with Gasteiger partial charge in [0, 0.05) is 38.8 Å². The summed E-state index contributed by atoms with van der Waals surface area (Å²) in [6.45, 7) is 6.95. The average Bonchev–Trinajstić information content (AvgIpc) is 2.48. The van der Waals surface area contributed by atoms with E-state index in [0.717, 1.165) is 30.8 Å². The summed E-state index contributed by atoms with van der Waals surface area (Å²) in [5.41, 5.74) is 2.04. The molecule has 0 atom stereocenters. The normalized spacial score (nSPS) is 15.8. The zero-order valence-corrected chi connectivity index (χ0v) is 12.8. The summed E-state index contributed by atoms with van der Waals surface area (Å²) in [6, 6.07) is 7.88. The highest BCUT2D eigenvalue weighted by molar-refractivity contribution is 5.93. The van der Waals surface area contributed by atoms with Crippen molar-refractivity contribution in [2.45, 2.75) is 20.3 Å². The third kappa shape index (κ3) is 4.29. The van der Waals surface area contributed by atoms with Gasteiger partial charge in [-0.1, -0.05) is 25.1 Å². The Kier molecular flexibility index (Phi) is 5.33. The predicted molar refractivity (Wildman–Crippen MR) is 83.1 cm³/mol. The van der Waals surface area contributed by atoms with Crippen molar-refractivity contribution in [3.05, 3.63) is 29.8 Å². The highest BCUT2D eigenvalue weighted by Gasteiger charge is 2.20. The van der Waals surface area contributed by atoms with E-state index in [4.69, 9.17) is 0 Å². The van der Waals surface area contributed by atoms with Crippen LogP contribution in [0, 0.1) is 0 Å². The smallest absolute Gasteiger partial charge is 0.238 e. The van der Waals surface area contributed by atoms with Crippen LogP contribution >= 0.6 is 0 Å². The molecule has 0 spiro atoms. The van der Waals surface area contributed by atoms with Gasteiger partial charge < -0.3 is 10.2 Å². The number of benzene rings is 1. The number of nitrogens with zero attached hydrogens (tertiary/aromatic N) is 2. The van der Waals surface area contributed by atoms with Crippen LogP contribution in [0.5, 0.6) is 0 Å². The Labute approximate surface area is 125 Å². The number of hydrogen-bond donors (Lipinski definition) is 1. The van der Waals surface area contributed by atoms with Crippen LogP contribution in [0.3, 0.4) is 0 Å². The van der Waals surface area contributed by atoms with Crippen LogP contribution in [0.15, 0.2) is 24.3 Å². The largest absolute Gasteiger partial charge is 0.340 e. The third-order valence-electron chi connectivity index (χ3n) is 3.86. The van der Waals surface area contributed by atoms with Crippen LogP contribution in [-0.2, 0) is 16.0 Å². The van der Waals surface area contributed by atoms with Crippen molar-refractivity contribution in [3.8, 4) is 0 Å². The Bertz CT molecular complexity index is 508. The number of rotatable bonds is 4. The molecule has 0 bridgehead atoms. The van der Waals surface area contributed by atoms with E-state index in [2.05, 4.69) is 17.1 Å². The summed E-state index contributed by atoms with van der Waals surface area (Å²) < 4.78 is 0. The Hall–Kier alpha value is -1.88. The Morgan fingerprint density at radius 1 is 1.14 bits per heavy atom. The van der Waals surface area contributed by atoms with Crippen molar-refractivity contribution in [1.82, 2.24) is 9.80 Å². The molecular weight excluding hydrogens is 266 g/mol. The Morgan fingerprint density at radius 3 is 2.43 bits per heavy atom. The number of aryl methyl sites for hydroxylation is 1. The quantitative estimate of drug-likeness (QED) is 0.910. The van der Waals surface area contributed by atoms with Crippen LogP contribution in [-0.4, -0.2) is 54.3 Å². The van der Waals surface area contributed by atoms with E-state index in [0.29, 0.717) is 19.6 Å². The predicted octanol–water partition coefficient (Wildman–Crippen LogP) is 1.35. The molecule has 5 nitrogen and oxygen atoms in total. The first-order valence-corrected chi connectivity index (χ1v) is 7.45. The van der Waals surface area contributed by atoms with Gasteiger partial charge in [0.2, 0.25) is 11.8 Å². The van der Waals surface area contributed by atoms with Crippen LogP contribution in [0.25, 0.3) is 0 Å². The SMILES string of the molecule is CCc1ccccc1NC(=O)CN1CCN(C(C)=O)CC1. The van der Waals surface area contributed by atoms with E-state index in [9.17, 15) is 9.59 Å². The van der Waals surface area contributed by atoms with Gasteiger partial charge in [0.25, 0.3) is 0 Å². The van der Waals surface area contributed by atoms with Gasteiger partial charge in [-0.2, -0.15) is 0 Å². The van der Waals surface area contributed by atoms with Gasteiger partial charge in [0.15, 0.2) is 0 Å². The first kappa shape index (κ1) is 15.5. The molecule has 1 saturated heterocycles. The van der Waals surface area contributed by atoms with Crippen LogP contribution in [0.2, 0.25) is 0 Å². The fraction of sp³-hybridized carbons (Fsp3) is 0.500. The van der Waals surface area contributed by atoms with Crippen molar-refractivity contribution in [2.75, 3.05) is 38.0 Å². The summed E-state index contributed by atoms with van der Waals surface area (Å²) in [4.78, 5) is 27.3. The molecule has 1 heterocycles. The maximum Gasteiger partial charge on any atom is 0.238 e. The topological polar surface area (TPSA) is 52.7 Å². The summed E-state index contributed by atoms with van der Waals surface area (Å²) in [6.07, 6.45) is 0.897. The molecule has 0 unspecified atom stereocenters. The lowest BCUT2D eigenvalue weighted by Crippen LogP contribution is -2.49. The molecule has 1 aromatic rings. The first-order valence-electron chi connectivity index (χ1n) is 7.45. The van der Waals surface area contributed by atoms with Crippen molar-refractivity contribution < 1.29 is 9.59 Å². The van der Waals surface area contributed by atoms with Gasteiger partial charge in [0.1, 0.15) is 0 Å². The van der Waals surface area contributed by atoms with E-state index in [-0.39, 0.29) is 11.8 Å². The fourth-order valence-electron chi connectivity index (χ4n) is 2.56. The van der Waals surface area contributed by atoms with Crippen LogP contribution in [0.1, 0.15) is 19.4 Å². The standard InChI is InChI=1S/C16H23N3O2/c1-3-14-6-4-5-7-15(14)17-16(21)12-18-8-10-19(11-9-18)13(2)20/h4-7H,3,8-12H2,1-2H3,(H,17,21). The number of piperazine rings is 1. The minimum absolute atomic E-state index is 0.00664. The van der Waals surface area contributed by atoms with E-state index >= 15 is 0 Å². The Morgan fingerprint density at radius 2 is 1.81 bits per heavy atom. The summed E-state index contributed by atoms with van der Waals surface area (Å²) >= 11 is 0. The number of nitrogens with one attached hydrogen (secondary N) is 1. The van der Waals surface area contributed by atoms with Gasteiger partial charge in [-0.15, -0.1) is 0 Å². The zero-order valence-electron chi connectivity index (χ0n) is 12.8. The second-order valence-electron chi connectivity index (χ2n) is 5.34. The second kappa shape index (κ2) is 7.22. The maximum atomic E-state index is 12.1. The fourth-order valence-corrected chi connectivity index (χ4v) is 2.56. The maximum absolute atomic E-state index is 12.1. The van der Waals surface area contributed by atoms with Crippen molar-refractivity contribution in [1.29, 1.82) is 0 Å². The molecule has 1 aromatic carbocycles. The molecule has 0 radical (unpaired) electrons. The number of para-hydroxylation sites is 1. The van der Waals surface area contributed by atoms with Gasteiger partial charge in [-0.3, -0.25) is 14.5 Å². The monoisotopic (exact) mass is 289 g/mol. The number of amides is 2. The number of hydrogen-bond acceptors (Lipinski definition) is 3.